The van der Waals surface area contributed by atoms with Gasteiger partial charge < -0.3 is 68.6 Å². The van der Waals surface area contributed by atoms with Gasteiger partial charge in [0.05, 0.1) is 111 Å². The minimum absolute atomic E-state index is 0. The molecule has 3 saturated heterocycles. The summed E-state index contributed by atoms with van der Waals surface area (Å²) >= 11 is 0. The normalized spacial score (nSPS) is 17.9. The molecule has 0 spiro atoms. The van der Waals surface area contributed by atoms with Gasteiger partial charge in [0.15, 0.2) is 0 Å². The van der Waals surface area contributed by atoms with Crippen LogP contribution < -0.4 is 58.5 Å². The summed E-state index contributed by atoms with van der Waals surface area (Å²) in [5.74, 6) is 5.11. The van der Waals surface area contributed by atoms with Gasteiger partial charge in [-0.25, -0.2) is 39.3 Å². The molecule has 538 valence electrons. The quantitative estimate of drug-likeness (QED) is 0.0386. The molecule has 29 heteroatoms. The molecule has 9 heterocycles. The number of ether oxygens (including phenoxy) is 10. The molecule has 101 heavy (non-hydrogen) atoms. The smallest absolute Gasteiger partial charge is 1.00 e. The minimum atomic E-state index is -1.19. The van der Waals surface area contributed by atoms with Crippen LogP contribution in [0.3, 0.4) is 0 Å². The fourth-order valence-corrected chi connectivity index (χ4v) is 14.0. The number of hydrogen-bond donors (Lipinski definition) is 1. The Balaban J connectivity index is 0.000000164. The van der Waals surface area contributed by atoms with Gasteiger partial charge in [0, 0.05) is 117 Å². The molecule has 0 amide bonds. The number of aliphatic hydroxyl groups excluding tert-OH is 1. The van der Waals surface area contributed by atoms with E-state index in [0.29, 0.717) is 66.3 Å². The van der Waals surface area contributed by atoms with Crippen molar-refractivity contribution >= 4 is 73.5 Å². The minimum Gasteiger partial charge on any atom is -1.00 e. The SMILES string of the molecule is COCC1(Oc2ccc3c(c2)C(c2cc(N4CCOCC4)ncn2)=NC3)CC1.COCC1(Oc2ccc3nn(COCC[Si](C)(C)C)c(-c4cc(N5CCOCC5)ncn4)c3c2)CC1.C[Si](C)(C)CCOCn1nc2ccc(OC3(CO)CC3)cc2c1-c1cc(N2CCOCC2)ncn1.Cl.[H-].[Na+]. The molecule has 4 aliphatic heterocycles. The first-order valence-electron chi connectivity index (χ1n) is 34.9. The Morgan fingerprint density at radius 1 is 0.495 bits per heavy atom. The number of hydrogen-bond acceptors (Lipinski definition) is 23. The van der Waals surface area contributed by atoms with E-state index in [2.05, 4.69) is 102 Å². The van der Waals surface area contributed by atoms with Crippen LogP contribution in [0.4, 0.5) is 17.5 Å². The Bertz CT molecular complexity index is 4100. The van der Waals surface area contributed by atoms with Gasteiger partial charge in [-0.2, -0.15) is 10.2 Å². The number of halogens is 1. The fourth-order valence-electron chi connectivity index (χ4n) is 12.4. The molecule has 7 aliphatic rings. The molecule has 25 nitrogen and oxygen atoms in total. The third-order valence-electron chi connectivity index (χ3n) is 18.8. The van der Waals surface area contributed by atoms with Gasteiger partial charge >= 0.3 is 29.6 Å². The summed E-state index contributed by atoms with van der Waals surface area (Å²) in [6, 6.07) is 26.5. The predicted octanol–water partition coefficient (Wildman–Crippen LogP) is 7.51. The van der Waals surface area contributed by atoms with Crippen molar-refractivity contribution in [1.29, 1.82) is 0 Å². The molecule has 0 radical (unpaired) electrons. The van der Waals surface area contributed by atoms with Crippen LogP contribution in [0.25, 0.3) is 44.6 Å². The second-order valence-corrected chi connectivity index (χ2v) is 40.4. The van der Waals surface area contributed by atoms with Gasteiger partial charge in [0.25, 0.3) is 0 Å². The standard InChI is InChI=1S/C26H37N5O4Si.C25H35N5O4Si.C21H24N4O3.ClH.Na.H/c1-32-17-26(7-8-26)35-20-5-6-22-21(15-20)25(31(29-22)19-34-13-14-36(2,3)4)23-16-24(28-18-27-23)30-9-11-33-12-10-30;1-35(2,3)13-12-33-18-30-24(22-15-23(27-17-26-22)29-8-10-32-11-9-29)20-14-19(4-5-21(20)28-30)34-25(16-31)6-7-25;1-26-13-21(4-5-21)28-16-3-2-15-12-22-20(17(15)10-16)18-11-19(24-14-23-18)25-6-8-27-9-7-25;;;/h5-6,15-16,18H,7-14,17,19H2,1-4H3;4-5,14-15,17,31H,6-13,16,18H2,1-3H3;2-3,10-11,14H,4-9,12-13H2,1H3;1H;;/q;;;;+1;-1. The first kappa shape index (κ1) is 75.9. The van der Waals surface area contributed by atoms with Crippen LogP contribution >= 0.6 is 12.4 Å². The third kappa shape index (κ3) is 19.6. The van der Waals surface area contributed by atoms with Crippen molar-refractivity contribution in [1.82, 2.24) is 49.5 Å². The van der Waals surface area contributed by atoms with Crippen LogP contribution in [-0.4, -0.2) is 219 Å². The molecule has 8 aromatic rings. The van der Waals surface area contributed by atoms with Gasteiger partial charge in [-0.1, -0.05) is 45.3 Å². The third-order valence-corrected chi connectivity index (χ3v) is 22.2. The van der Waals surface area contributed by atoms with E-state index >= 15 is 0 Å². The van der Waals surface area contributed by atoms with Crippen molar-refractivity contribution < 1.29 is 83.5 Å². The Morgan fingerprint density at radius 3 is 1.28 bits per heavy atom. The van der Waals surface area contributed by atoms with Crippen molar-refractivity contribution in [3.05, 3.63) is 109 Å². The van der Waals surface area contributed by atoms with Crippen molar-refractivity contribution in [3.63, 3.8) is 0 Å². The van der Waals surface area contributed by atoms with E-state index in [-0.39, 0.29) is 61.2 Å². The number of morpholine rings is 3. The molecule has 1 N–H and O–H groups in total. The van der Waals surface area contributed by atoms with Crippen LogP contribution in [0.1, 0.15) is 56.8 Å². The summed E-state index contributed by atoms with van der Waals surface area (Å²) in [5, 5.41) is 21.4. The van der Waals surface area contributed by atoms with Gasteiger partial charge in [0.2, 0.25) is 0 Å². The topological polar surface area (TPSA) is 248 Å². The molecule has 3 aliphatic carbocycles. The van der Waals surface area contributed by atoms with Crippen LogP contribution in [-0.2, 0) is 53.2 Å². The average Bonchev–Trinajstić information content (AvgIpc) is 1.61. The van der Waals surface area contributed by atoms with Crippen molar-refractivity contribution in [2.45, 2.75) is 127 Å². The molecule has 0 bridgehead atoms. The number of anilines is 3. The number of aromatic nitrogens is 10. The molecule has 15 rings (SSSR count). The number of methoxy groups -OCH3 is 2. The van der Waals surface area contributed by atoms with Crippen LogP contribution in [0, 0.1) is 0 Å². The molecule has 5 aromatic heterocycles. The van der Waals surface area contributed by atoms with E-state index in [1.165, 1.54) is 5.56 Å². The van der Waals surface area contributed by atoms with E-state index < -0.39 is 21.7 Å². The number of aliphatic imine (C=N–C) groups is 1. The van der Waals surface area contributed by atoms with E-state index in [9.17, 15) is 5.11 Å². The Kier molecular flexibility index (Phi) is 25.3. The van der Waals surface area contributed by atoms with Gasteiger partial charge in [-0.05, 0) is 105 Å². The summed E-state index contributed by atoms with van der Waals surface area (Å²) in [6.45, 7) is 27.4. The van der Waals surface area contributed by atoms with E-state index in [1.807, 2.05) is 64.0 Å². The van der Waals surface area contributed by atoms with Crippen molar-refractivity contribution in [2.24, 2.45) is 4.99 Å². The number of benzene rings is 3. The molecule has 0 atom stereocenters. The number of aliphatic hydroxyl groups is 1. The zero-order chi connectivity index (χ0) is 68.6. The molecule has 3 saturated carbocycles. The maximum absolute atomic E-state index is 9.71. The van der Waals surface area contributed by atoms with Gasteiger partial charge in [-0.15, -0.1) is 12.4 Å². The first-order chi connectivity index (χ1) is 48.0. The second-order valence-electron chi connectivity index (χ2n) is 29.2. The van der Waals surface area contributed by atoms with Crippen molar-refractivity contribution in [2.75, 3.05) is 141 Å². The van der Waals surface area contributed by atoms with Gasteiger partial charge in [-0.3, -0.25) is 4.99 Å². The van der Waals surface area contributed by atoms with Crippen LogP contribution in [0.15, 0.2) is 96.8 Å². The molecule has 6 fully saturated rings. The number of nitrogens with zero attached hydrogens (tertiary/aromatic N) is 14. The maximum atomic E-state index is 9.71. The average molecular weight is 1450 g/mol. The van der Waals surface area contributed by atoms with Crippen LogP contribution in [0.5, 0.6) is 17.2 Å². The first-order valence-corrected chi connectivity index (χ1v) is 42.4. The number of rotatable bonds is 27. The predicted molar refractivity (Wildman–Crippen MR) is 394 cm³/mol. The summed E-state index contributed by atoms with van der Waals surface area (Å²) in [4.78, 5) is 38.7. The fraction of sp³-hybridized carbons (Fsp3) is 0.542. The Morgan fingerprint density at radius 2 is 0.881 bits per heavy atom. The van der Waals surface area contributed by atoms with E-state index in [1.54, 1.807) is 33.2 Å². The van der Waals surface area contributed by atoms with E-state index in [0.717, 1.165) is 206 Å². The summed E-state index contributed by atoms with van der Waals surface area (Å²) in [6.07, 6.45) is 10.7. The second kappa shape index (κ2) is 33.7. The number of fused-ring (bicyclic) bond motifs is 3. The molecule has 3 aromatic carbocycles. The Hall–Kier alpha value is -6.29. The monoisotopic (exact) mass is 1450 g/mol. The largest absolute Gasteiger partial charge is 1.00 e. The Labute approximate surface area is 623 Å². The summed E-state index contributed by atoms with van der Waals surface area (Å²) in [7, 11) is 1.07. The molecule has 0 unspecified atom stereocenters. The molecular weight excluding hydrogens is 1350 g/mol. The van der Waals surface area contributed by atoms with E-state index in [4.69, 9.17) is 62.6 Å². The van der Waals surface area contributed by atoms with Gasteiger partial charge in [0.1, 0.15) is 83.9 Å². The zero-order valence-electron chi connectivity index (χ0n) is 61.2. The zero-order valence-corrected chi connectivity index (χ0v) is 65.0. The van der Waals surface area contributed by atoms with Crippen molar-refractivity contribution in [3.8, 4) is 40.0 Å². The summed E-state index contributed by atoms with van der Waals surface area (Å²) in [5.41, 5.74) is 8.38. The van der Waals surface area contributed by atoms with Crippen LogP contribution in [0.2, 0.25) is 51.4 Å². The maximum Gasteiger partial charge on any atom is 1.00 e. The summed E-state index contributed by atoms with van der Waals surface area (Å²) < 4.78 is 61.9. The molecular formula is C72H98ClN14NaO11Si2.